The molecule has 2 aliphatic heterocycles. The Kier molecular flexibility index (Phi) is 11.8. The quantitative estimate of drug-likeness (QED) is 0.224. The van der Waals surface area contributed by atoms with Gasteiger partial charge in [0.15, 0.2) is 0 Å². The van der Waals surface area contributed by atoms with Gasteiger partial charge in [0, 0.05) is 48.3 Å². The van der Waals surface area contributed by atoms with E-state index in [9.17, 15) is 0 Å². The smallest absolute Gasteiger partial charge is 0.230 e. The highest BCUT2D eigenvalue weighted by atomic mass is 16.7. The Labute approximate surface area is 282 Å². The summed E-state index contributed by atoms with van der Waals surface area (Å²) in [6.45, 7) is 25.2. The van der Waals surface area contributed by atoms with E-state index in [1.165, 1.54) is 32.1 Å². The summed E-state index contributed by atoms with van der Waals surface area (Å²) in [5.74, 6) is 2.28. The van der Waals surface area contributed by atoms with Crippen molar-refractivity contribution in [2.45, 2.75) is 206 Å². The lowest BCUT2D eigenvalue weighted by Crippen LogP contribution is -2.64. The second kappa shape index (κ2) is 14.5. The minimum Gasteiger partial charge on any atom is -0.341 e. The van der Waals surface area contributed by atoms with Crippen molar-refractivity contribution in [3.05, 3.63) is 5.82 Å². The molecule has 0 bridgehead atoms. The molecule has 9 heteroatoms. The number of anilines is 2. The Morgan fingerprint density at radius 3 is 1.50 bits per heavy atom. The molecule has 2 saturated heterocycles. The van der Waals surface area contributed by atoms with Crippen LogP contribution in [0.1, 0.15) is 159 Å². The van der Waals surface area contributed by atoms with E-state index >= 15 is 0 Å². The van der Waals surface area contributed by atoms with Gasteiger partial charge in [-0.2, -0.15) is 25.1 Å². The molecule has 4 rings (SSSR count). The van der Waals surface area contributed by atoms with Gasteiger partial charge >= 0.3 is 0 Å². The van der Waals surface area contributed by atoms with Crippen molar-refractivity contribution in [2.24, 2.45) is 0 Å². The van der Waals surface area contributed by atoms with Crippen molar-refractivity contribution < 1.29 is 9.68 Å². The lowest BCUT2D eigenvalue weighted by molar-refractivity contribution is -0.309. The van der Waals surface area contributed by atoms with Crippen molar-refractivity contribution in [3.63, 3.8) is 0 Å². The summed E-state index contributed by atoms with van der Waals surface area (Å²) >= 11 is 0. The molecule has 3 fully saturated rings. The van der Waals surface area contributed by atoms with Gasteiger partial charge in [0.2, 0.25) is 11.9 Å². The Hall–Kier alpha value is -1.55. The highest BCUT2D eigenvalue weighted by molar-refractivity contribution is 5.40. The zero-order valence-electron chi connectivity index (χ0n) is 31.9. The maximum Gasteiger partial charge on any atom is 0.230 e. The first-order valence-corrected chi connectivity index (χ1v) is 18.5. The van der Waals surface area contributed by atoms with E-state index in [0.717, 1.165) is 69.1 Å². The number of nitrogens with zero attached hydrogens (tertiary/aromatic N) is 7. The Morgan fingerprint density at radius 1 is 0.674 bits per heavy atom. The van der Waals surface area contributed by atoms with Gasteiger partial charge < -0.3 is 9.80 Å². The minimum absolute atomic E-state index is 0.111. The highest BCUT2D eigenvalue weighted by Crippen LogP contribution is 2.44. The molecule has 0 radical (unpaired) electrons. The second-order valence-corrected chi connectivity index (χ2v) is 17.3. The summed E-state index contributed by atoms with van der Waals surface area (Å²) in [5, 5.41) is 4.66. The van der Waals surface area contributed by atoms with Crippen molar-refractivity contribution >= 4 is 11.9 Å². The first-order chi connectivity index (χ1) is 21.4. The number of hydrogen-bond donors (Lipinski definition) is 0. The fourth-order valence-corrected chi connectivity index (χ4v) is 9.00. The van der Waals surface area contributed by atoms with Gasteiger partial charge in [-0.25, -0.2) is 0 Å². The largest absolute Gasteiger partial charge is 0.341 e. The topological polar surface area (TPSA) is 70.1 Å². The van der Waals surface area contributed by atoms with E-state index < -0.39 is 0 Å². The zero-order chi connectivity index (χ0) is 34.1. The molecule has 0 unspecified atom stereocenters. The molecule has 9 nitrogen and oxygen atoms in total. The van der Waals surface area contributed by atoms with Crippen LogP contribution in [0.4, 0.5) is 11.9 Å². The van der Waals surface area contributed by atoms with Gasteiger partial charge in [0.25, 0.3) is 0 Å². The van der Waals surface area contributed by atoms with Gasteiger partial charge in [0.1, 0.15) is 5.82 Å². The van der Waals surface area contributed by atoms with E-state index in [-0.39, 0.29) is 40.3 Å². The Bertz CT molecular complexity index is 1090. The van der Waals surface area contributed by atoms with E-state index in [1.54, 1.807) is 0 Å². The number of hydroxylamine groups is 4. The summed E-state index contributed by atoms with van der Waals surface area (Å²) in [6.07, 6.45) is 15.2. The minimum atomic E-state index is -0.132. The van der Waals surface area contributed by atoms with E-state index in [1.807, 2.05) is 6.92 Å². The lowest BCUT2D eigenvalue weighted by Gasteiger charge is -2.56. The molecule has 0 spiro atoms. The summed E-state index contributed by atoms with van der Waals surface area (Å²) in [7, 11) is 4.33. The van der Waals surface area contributed by atoms with Crippen LogP contribution in [-0.4, -0.2) is 85.6 Å². The third-order valence-electron chi connectivity index (χ3n) is 10.9. The van der Waals surface area contributed by atoms with Crippen molar-refractivity contribution in [2.75, 3.05) is 23.9 Å². The predicted molar refractivity (Wildman–Crippen MR) is 190 cm³/mol. The molecule has 1 saturated carbocycles. The van der Waals surface area contributed by atoms with Gasteiger partial charge in [0.05, 0.1) is 12.2 Å². The van der Waals surface area contributed by atoms with Crippen molar-refractivity contribution in [3.8, 4) is 0 Å². The summed E-state index contributed by atoms with van der Waals surface area (Å²) in [5.41, 5.74) is -0.486. The summed E-state index contributed by atoms with van der Waals surface area (Å²) < 4.78 is 0. The summed E-state index contributed by atoms with van der Waals surface area (Å²) in [6, 6.07) is 0.562. The zero-order valence-corrected chi connectivity index (χ0v) is 31.9. The van der Waals surface area contributed by atoms with Crippen molar-refractivity contribution in [1.82, 2.24) is 25.1 Å². The van der Waals surface area contributed by atoms with Crippen LogP contribution >= 0.6 is 0 Å². The number of hydrogen-bond acceptors (Lipinski definition) is 9. The van der Waals surface area contributed by atoms with Gasteiger partial charge in [-0.05, 0) is 114 Å². The number of aryl methyl sites for hydroxylation is 1. The van der Waals surface area contributed by atoms with E-state index in [2.05, 4.69) is 103 Å². The molecule has 0 amide bonds. The predicted octanol–water partition coefficient (Wildman–Crippen LogP) is 8.26. The maximum atomic E-state index is 6.81. The van der Waals surface area contributed by atoms with Crippen LogP contribution in [0.2, 0.25) is 0 Å². The lowest BCUT2D eigenvalue weighted by atomic mass is 9.78. The maximum absolute atomic E-state index is 6.81. The van der Waals surface area contributed by atoms with Gasteiger partial charge in [-0.3, -0.25) is 9.68 Å². The molecule has 46 heavy (non-hydrogen) atoms. The van der Waals surface area contributed by atoms with E-state index in [4.69, 9.17) is 24.6 Å². The Balaban J connectivity index is 1.51. The molecule has 0 aromatic carbocycles. The molecular formula is C37H69N7O2. The Morgan fingerprint density at radius 2 is 1.09 bits per heavy atom. The molecule has 0 N–H and O–H groups in total. The normalized spacial score (nSPS) is 24.4. The van der Waals surface area contributed by atoms with Crippen LogP contribution in [-0.2, 0) is 9.68 Å². The average Bonchev–Trinajstić information content (AvgIpc) is 2.95. The highest BCUT2D eigenvalue weighted by Gasteiger charge is 2.50. The third-order valence-corrected chi connectivity index (χ3v) is 10.9. The van der Waals surface area contributed by atoms with Crippen LogP contribution in [0.15, 0.2) is 0 Å². The molecule has 1 aliphatic carbocycles. The number of rotatable bonds is 12. The molecule has 3 aliphatic rings. The average molecular weight is 644 g/mol. The van der Waals surface area contributed by atoms with Crippen LogP contribution in [0, 0.1) is 6.92 Å². The first-order valence-electron chi connectivity index (χ1n) is 18.5. The molecule has 264 valence electrons. The van der Waals surface area contributed by atoms with Gasteiger partial charge in [-0.1, -0.05) is 46.0 Å². The molecule has 1 aromatic rings. The SMILES string of the molecule is CCCC(CCC)ON1C(C)(C)CC(N(C)c2nc(C)nc(N(C)C3CC(C)(C)N(OC4CCCCC4)C(C)(C)C3)n2)CC1(C)C. The number of piperidine rings is 2. The molecule has 1 aromatic heterocycles. The molecule has 0 atom stereocenters. The summed E-state index contributed by atoms with van der Waals surface area (Å²) in [4.78, 5) is 33.1. The van der Waals surface area contributed by atoms with Crippen LogP contribution in [0.5, 0.6) is 0 Å². The van der Waals surface area contributed by atoms with Crippen LogP contribution < -0.4 is 9.80 Å². The van der Waals surface area contributed by atoms with E-state index in [0.29, 0.717) is 6.10 Å². The standard InChI is InChI=1S/C37H69N7O2/c1-14-19-30(20-15-2)45-43-34(4,5)23-28(24-35(43,6)7)41(12)32-38-27(3)39-33(40-32)42(13)29-25-36(8,9)44(37(10,11)26-29)46-31-21-17-16-18-22-31/h28-31H,14-26H2,1-13H3. The number of aromatic nitrogens is 3. The van der Waals surface area contributed by atoms with Gasteiger partial charge in [-0.15, -0.1) is 0 Å². The molecular weight excluding hydrogens is 574 g/mol. The second-order valence-electron chi connectivity index (χ2n) is 17.3. The molecule has 3 heterocycles. The van der Waals surface area contributed by atoms with Crippen LogP contribution in [0.3, 0.4) is 0 Å². The van der Waals surface area contributed by atoms with Crippen LogP contribution in [0.25, 0.3) is 0 Å². The fourth-order valence-electron chi connectivity index (χ4n) is 9.00. The van der Waals surface area contributed by atoms with Crippen molar-refractivity contribution in [1.29, 1.82) is 0 Å². The third kappa shape index (κ3) is 8.53. The monoisotopic (exact) mass is 644 g/mol. The first kappa shape index (κ1) is 37.3. The fraction of sp³-hybridized carbons (Fsp3) is 0.919.